The molecule has 6 nitrogen and oxygen atoms in total. The van der Waals surface area contributed by atoms with Gasteiger partial charge in [0.2, 0.25) is 11.8 Å². The monoisotopic (exact) mass is 3640 g/mol. The number of carbonyl (C=O) groups is 2. The minimum absolute atomic E-state index is 0.0500. The molecule has 2 aliphatic heterocycles. The Bertz CT molecular complexity index is 9150. The van der Waals surface area contributed by atoms with Crippen LogP contribution < -0.4 is 0 Å². The minimum Gasteiger partial charge on any atom is -0.343 e. The fraction of sp³-hybridized carbons (Fsp3) is 0.552. The van der Waals surface area contributed by atoms with E-state index in [0.717, 1.165) is 49.6 Å². The number of benzene rings is 1. The molecule has 2 amide bonds. The van der Waals surface area contributed by atoms with Crippen LogP contribution in [0.15, 0.2) is 48.8 Å². The highest BCUT2D eigenvalue weighted by atomic mass is 35.5. The van der Waals surface area contributed by atoms with Gasteiger partial charge in [-0.3, -0.25) is 19.5 Å². The maximum absolute atomic E-state index is 13.6. The molecule has 782 valence electrons. The molecule has 4 rings (SSSR count). The van der Waals surface area contributed by atoms with Gasteiger partial charge in [0.15, 0.2) is 0 Å². The van der Waals surface area contributed by atoms with E-state index in [-0.39, 0.29) is 29.3 Å². The fourth-order valence-electron chi connectivity index (χ4n) is 6.76. The first-order valence-corrected chi connectivity index (χ1v) is 159. The number of piperazine rings is 1. The van der Waals surface area contributed by atoms with Crippen LogP contribution in [0.4, 0.5) is 0 Å². The first-order valence-electron chi connectivity index (χ1n) is 29.2. The SMILES string of the molecule is CC(=O)N1CCC(CC(=O)N2CCN(C(c3ccc(Cl)cc3)c3cccnc3)C[C@@H]2C(C)(C)C)CC1.S=S=S=S=S=S=S=S=S=S=S=S=S=S=S=S=S=S=S=S=S=S=S=S=S=S=S=S=S=S=S=S=S=S=S=S=S=S=S=S=S=S=S=S=S=S=S=S=S=S=S=S=S=S=S=S=S=S=S=S=S=S=S=S=S=S=S=S=S=S=S=S=S=S=S=S=S=S=S=S=S=S=S=S=S=S=S=S=S=S=S=S=S=S=S=S=S=S. The van der Waals surface area contributed by atoms with E-state index < -0.39 is 0 Å². The number of likely N-dealkylation sites (tertiary alicyclic amines) is 1. The number of carbonyl (C=O) groups excluding carboxylic acids is 2. The summed E-state index contributed by atoms with van der Waals surface area (Å²) in [5, 5.41) is 0.723. The van der Waals surface area contributed by atoms with E-state index in [0.29, 0.717) is 18.9 Å². The van der Waals surface area contributed by atoms with Gasteiger partial charge in [-0.05, 0) is 53.5 Å². The van der Waals surface area contributed by atoms with E-state index in [2.05, 4.69) is 53.8 Å². The standard InChI is InChI=1S/C29H39ClN4O2.S98/c1-21(35)32-14-11-22(12-15-32)18-27(36)34-17-16-33(20-26(34)29(2,3)4)28(24-6-5-13-31-19-24)23-7-9-25(30)10-8-23;1-3-5-7-9-11-13-15-17-19-21-23-25-27-29-31-33-35-37-39-41-43-45-47-49-51-53-55-57-59-61-63-65-67-69-71-73-75-77-79-81-83-85-87-89-91-93-95-97-98-96-94-92-90-88-86-84-82-80-78-76-74-72-70-68-66-64-62-60-58-56-54-52-50-48-46-44-42-40-38-36-34-32-30-28-26-24-22-20-18-16-14-12-10-8-6-4-2/h5-10,13,19,22,26,28H,11-12,14-18,20H2,1-4H3;/t26-,28?;/m1./s1. The molecule has 2 atom stereocenters. The molecular weight excluding hydrogens is 3610 g/mol. The predicted octanol–water partition coefficient (Wildman–Crippen LogP) is 4.80. The van der Waals surface area contributed by atoms with Crippen LogP contribution in [0, 0.1) is 11.3 Å². The molecule has 105 heteroatoms. The van der Waals surface area contributed by atoms with Gasteiger partial charge >= 0.3 is 0 Å². The Hall–Kier alpha value is 19.1. The summed E-state index contributed by atoms with van der Waals surface area (Å²) < 4.78 is 0. The van der Waals surface area contributed by atoms with Crippen molar-refractivity contribution in [3.8, 4) is 0 Å². The molecule has 1 unspecified atom stereocenters. The first-order chi connectivity index (χ1) is 66.0. The summed E-state index contributed by atoms with van der Waals surface area (Å²) in [4.78, 5) is 36.2. The molecule has 0 radical (unpaired) electrons. The average Bonchev–Trinajstić information content (AvgIpc) is 0.778. The number of hydrogen-bond acceptors (Lipinski definition) is 6. The summed E-state index contributed by atoms with van der Waals surface area (Å²) in [5.41, 5.74) is 2.26. The van der Waals surface area contributed by atoms with Crippen molar-refractivity contribution in [2.45, 2.75) is 59.0 Å². The highest BCUT2D eigenvalue weighted by Gasteiger charge is 2.41. The molecule has 2 fully saturated rings. The number of pyridine rings is 1. The summed E-state index contributed by atoms with van der Waals surface area (Å²) in [6.45, 7) is 12.1. The van der Waals surface area contributed by atoms with E-state index in [1.54, 1.807) is 120 Å². The van der Waals surface area contributed by atoms with Crippen molar-refractivity contribution in [3.05, 3.63) is 64.9 Å². The molecule has 0 bridgehead atoms. The van der Waals surface area contributed by atoms with Crippen molar-refractivity contribution in [1.29, 1.82) is 0 Å². The summed E-state index contributed by atoms with van der Waals surface area (Å²) in [6.07, 6.45) is 6.13. The zero-order valence-electron chi connectivity index (χ0n) is 62.0. The molecule has 0 N–H and O–H groups in total. The minimum atomic E-state index is -0.0637. The second-order valence-corrected chi connectivity index (χ2v) is 188. The second kappa shape index (κ2) is 119. The van der Waals surface area contributed by atoms with Gasteiger partial charge in [-0.15, -0.1) is 0 Å². The molecule has 2 aliphatic rings. The van der Waals surface area contributed by atoms with Crippen LogP contribution in [-0.2, 0) is 884 Å². The molecule has 2 saturated heterocycles. The Labute approximate surface area is 1070 Å². The molecular formula is C29H39ClN4O2S98. The van der Waals surface area contributed by atoms with Gasteiger partial charge in [-0.25, -0.2) is 0 Å². The van der Waals surface area contributed by atoms with Crippen molar-refractivity contribution in [1.82, 2.24) is 19.7 Å². The first kappa shape index (κ1) is 147. The lowest BCUT2D eigenvalue weighted by Crippen LogP contribution is -2.60. The zero-order chi connectivity index (χ0) is 95.8. The van der Waals surface area contributed by atoms with Crippen LogP contribution in [0.1, 0.15) is 64.1 Å². The van der Waals surface area contributed by atoms with Crippen LogP contribution in [0.25, 0.3) is 0 Å². The Morgan fingerprint density at radius 2 is 0.522 bits per heavy atom. The number of nitrogens with zero attached hydrogens (tertiary/aromatic N) is 4. The van der Waals surface area contributed by atoms with Gasteiger partial charge in [0.25, 0.3) is 0 Å². The highest BCUT2D eigenvalue weighted by molar-refractivity contribution is 8.87. The van der Waals surface area contributed by atoms with Crippen molar-refractivity contribution in [3.63, 3.8) is 0 Å². The van der Waals surface area contributed by atoms with Crippen LogP contribution in [-0.4, -0.2) is 70.3 Å². The average molecular weight is 3650 g/mol. The lowest BCUT2D eigenvalue weighted by atomic mass is 9.82. The van der Waals surface area contributed by atoms with Gasteiger partial charge in [-0.2, -0.15) is 0 Å². The quantitative estimate of drug-likeness (QED) is 0.430. The zero-order valence-corrected chi connectivity index (χ0v) is 143. The van der Waals surface area contributed by atoms with Crippen LogP contribution in [0.5, 0.6) is 0 Å². The maximum atomic E-state index is 13.6. The van der Waals surface area contributed by atoms with E-state index in [1.807, 2.05) is 757 Å². The molecule has 3 heterocycles. The lowest BCUT2D eigenvalue weighted by Gasteiger charge is -2.49. The van der Waals surface area contributed by atoms with Crippen molar-refractivity contribution in [2.75, 3.05) is 32.7 Å². The summed E-state index contributed by atoms with van der Waals surface area (Å²) >= 11 is 15.9. The predicted molar refractivity (Wildman–Crippen MR) is 865 cm³/mol. The third-order valence-electron chi connectivity index (χ3n) is 10.4. The number of halogens is 1. The fourth-order valence-corrected chi connectivity index (χ4v) is 265. The summed E-state index contributed by atoms with van der Waals surface area (Å²) in [6, 6.07) is 12.3. The Kier molecular flexibility index (Phi) is 130. The number of rotatable bonds is 5. The maximum Gasteiger partial charge on any atom is 0.223 e. The van der Waals surface area contributed by atoms with Crippen molar-refractivity contribution < 1.29 is 9.59 Å². The number of hydrogen-bond donors (Lipinski definition) is 0. The van der Waals surface area contributed by atoms with Gasteiger partial charge in [0.05, 0.1) is 6.04 Å². The molecule has 0 spiro atoms. The van der Waals surface area contributed by atoms with Crippen LogP contribution in [0.3, 0.4) is 0 Å². The van der Waals surface area contributed by atoms with E-state index >= 15 is 0 Å². The third-order valence-corrected chi connectivity index (χ3v) is 222. The highest BCUT2D eigenvalue weighted by Crippen LogP contribution is 2.36. The largest absolute Gasteiger partial charge is 0.343 e. The number of aromatic nitrogens is 1. The lowest BCUT2D eigenvalue weighted by molar-refractivity contribution is -0.141. The topological polar surface area (TPSA) is 56.8 Å². The second-order valence-electron chi connectivity index (χ2n) is 17.9. The van der Waals surface area contributed by atoms with Crippen molar-refractivity contribution in [2.24, 2.45) is 11.3 Å². The smallest absolute Gasteiger partial charge is 0.223 e. The van der Waals surface area contributed by atoms with Gasteiger partial charge in [0, 0.05) is 944 Å². The van der Waals surface area contributed by atoms with Gasteiger partial charge in [0.1, 0.15) is 0 Å². The normalized spacial score (nSPS) is 11.4. The third kappa shape index (κ3) is 99.4. The Morgan fingerprint density at radius 1 is 0.313 bits per heavy atom. The molecule has 0 aliphatic carbocycles. The summed E-state index contributed by atoms with van der Waals surface area (Å²) in [7, 11) is 174. The number of amides is 2. The van der Waals surface area contributed by atoms with E-state index in [4.69, 9.17) is 34.0 Å². The molecule has 2 aromatic rings. The Morgan fingerprint density at radius 3 is 0.701 bits per heavy atom. The number of piperidine rings is 1. The van der Waals surface area contributed by atoms with E-state index in [1.165, 1.54) is 23.3 Å². The summed E-state index contributed by atoms with van der Waals surface area (Å²) in [5.74, 6) is 0.733. The Balaban J connectivity index is 0.00000105. The van der Waals surface area contributed by atoms with E-state index in [9.17, 15) is 9.59 Å². The molecule has 134 heavy (non-hydrogen) atoms. The molecule has 1 aromatic carbocycles. The van der Waals surface area contributed by atoms with Gasteiger partial charge < -0.3 is 9.80 Å². The molecule has 0 saturated carbocycles. The van der Waals surface area contributed by atoms with Crippen LogP contribution >= 0.6 is 11.6 Å². The van der Waals surface area contributed by atoms with Crippen LogP contribution in [0.2, 0.25) is 5.02 Å². The van der Waals surface area contributed by atoms with Crippen molar-refractivity contribution >= 4 is 898 Å². The molecule has 1 aromatic heterocycles. The van der Waals surface area contributed by atoms with Gasteiger partial charge in [-0.1, -0.05) is 50.6 Å².